The van der Waals surface area contributed by atoms with Gasteiger partial charge in [-0.05, 0) is 44.4 Å². The van der Waals surface area contributed by atoms with Crippen LogP contribution in [-0.2, 0) is 10.2 Å². The van der Waals surface area contributed by atoms with Gasteiger partial charge in [0.2, 0.25) is 11.9 Å². The standard InChI is InChI=1S/C19H19N5O2/c1-19(2)12-6-5-11(9-14(12)22-17(19)25)21-18-23-13-7-8-26-15(13)16(24-18)20-10-3-4-10/h5-10H,3-4H2,1-2H3,(H,22,25)(H2,20,21,23,24). The maximum atomic E-state index is 12.1. The average Bonchev–Trinajstić information content (AvgIpc) is 3.22. The fourth-order valence-corrected chi connectivity index (χ4v) is 3.24. The Kier molecular flexibility index (Phi) is 3.04. The largest absolute Gasteiger partial charge is 0.459 e. The van der Waals surface area contributed by atoms with E-state index in [4.69, 9.17) is 4.42 Å². The molecule has 1 saturated carbocycles. The molecule has 1 aromatic carbocycles. The van der Waals surface area contributed by atoms with Crippen molar-refractivity contribution in [3.8, 4) is 0 Å². The zero-order chi connectivity index (χ0) is 17.9. The summed E-state index contributed by atoms with van der Waals surface area (Å²) in [4.78, 5) is 21.2. The van der Waals surface area contributed by atoms with E-state index in [1.165, 1.54) is 0 Å². The Labute approximate surface area is 150 Å². The third-order valence-electron chi connectivity index (χ3n) is 4.99. The highest BCUT2D eigenvalue weighted by molar-refractivity contribution is 6.06. The van der Waals surface area contributed by atoms with Gasteiger partial charge in [-0.25, -0.2) is 4.98 Å². The Bertz CT molecular complexity index is 1040. The molecule has 1 amide bonds. The number of anilines is 4. The molecule has 1 fully saturated rings. The average molecular weight is 349 g/mol. The summed E-state index contributed by atoms with van der Waals surface area (Å²) in [6.07, 6.45) is 3.92. The van der Waals surface area contributed by atoms with Gasteiger partial charge in [0, 0.05) is 23.5 Å². The first-order valence-electron chi connectivity index (χ1n) is 8.75. The van der Waals surface area contributed by atoms with Crippen molar-refractivity contribution in [2.75, 3.05) is 16.0 Å². The van der Waals surface area contributed by atoms with Crippen LogP contribution in [0.15, 0.2) is 34.9 Å². The number of carbonyl (C=O) groups excluding carboxylic acids is 1. The van der Waals surface area contributed by atoms with Crippen LogP contribution in [0.25, 0.3) is 11.1 Å². The molecule has 0 spiro atoms. The molecule has 26 heavy (non-hydrogen) atoms. The number of benzene rings is 1. The van der Waals surface area contributed by atoms with Gasteiger partial charge in [0.25, 0.3) is 0 Å². The number of nitrogens with one attached hydrogen (secondary N) is 3. The van der Waals surface area contributed by atoms with Gasteiger partial charge in [0.1, 0.15) is 5.52 Å². The van der Waals surface area contributed by atoms with Crippen LogP contribution in [-0.4, -0.2) is 21.9 Å². The molecule has 2 aromatic heterocycles. The summed E-state index contributed by atoms with van der Waals surface area (Å²) < 4.78 is 5.52. The van der Waals surface area contributed by atoms with Gasteiger partial charge in [0.15, 0.2) is 11.4 Å². The molecule has 0 saturated heterocycles. The molecule has 7 heteroatoms. The molecule has 0 unspecified atom stereocenters. The predicted molar refractivity (Wildman–Crippen MR) is 99.8 cm³/mol. The van der Waals surface area contributed by atoms with Crippen LogP contribution in [0.3, 0.4) is 0 Å². The monoisotopic (exact) mass is 349 g/mol. The van der Waals surface area contributed by atoms with Gasteiger partial charge in [-0.15, -0.1) is 0 Å². The summed E-state index contributed by atoms with van der Waals surface area (Å²) in [5.41, 5.74) is 3.55. The van der Waals surface area contributed by atoms with Gasteiger partial charge in [-0.3, -0.25) is 4.79 Å². The second kappa shape index (κ2) is 5.20. The van der Waals surface area contributed by atoms with Gasteiger partial charge < -0.3 is 20.4 Å². The number of nitrogens with zero attached hydrogens (tertiary/aromatic N) is 2. The second-order valence-electron chi connectivity index (χ2n) is 7.41. The van der Waals surface area contributed by atoms with E-state index in [0.717, 1.165) is 35.3 Å². The summed E-state index contributed by atoms with van der Waals surface area (Å²) in [6.45, 7) is 3.85. The second-order valence-corrected chi connectivity index (χ2v) is 7.41. The number of aromatic nitrogens is 2. The summed E-state index contributed by atoms with van der Waals surface area (Å²) in [5, 5.41) is 9.56. The molecule has 7 nitrogen and oxygen atoms in total. The molecule has 1 aliphatic carbocycles. The van der Waals surface area contributed by atoms with Crippen molar-refractivity contribution in [1.29, 1.82) is 0 Å². The molecule has 3 N–H and O–H groups in total. The summed E-state index contributed by atoms with van der Waals surface area (Å²) in [7, 11) is 0. The lowest BCUT2D eigenvalue weighted by Crippen LogP contribution is -2.26. The molecule has 0 bridgehead atoms. The van der Waals surface area contributed by atoms with Crippen LogP contribution in [0.5, 0.6) is 0 Å². The van der Waals surface area contributed by atoms with Crippen molar-refractivity contribution in [3.63, 3.8) is 0 Å². The maximum Gasteiger partial charge on any atom is 0.234 e. The molecule has 1 aliphatic heterocycles. The highest BCUT2D eigenvalue weighted by atomic mass is 16.3. The normalized spacial score (nSPS) is 17.8. The first-order chi connectivity index (χ1) is 12.5. The molecular weight excluding hydrogens is 330 g/mol. The minimum atomic E-state index is -0.512. The van der Waals surface area contributed by atoms with E-state index in [1.54, 1.807) is 6.26 Å². The van der Waals surface area contributed by atoms with E-state index >= 15 is 0 Å². The molecule has 0 atom stereocenters. The molecule has 0 radical (unpaired) electrons. The lowest BCUT2D eigenvalue weighted by Gasteiger charge is -2.15. The van der Waals surface area contributed by atoms with Crippen LogP contribution >= 0.6 is 0 Å². The van der Waals surface area contributed by atoms with E-state index < -0.39 is 5.41 Å². The van der Waals surface area contributed by atoms with Gasteiger partial charge in [0.05, 0.1) is 11.7 Å². The topological polar surface area (TPSA) is 92.1 Å². The molecule has 3 aromatic rings. The minimum absolute atomic E-state index is 0.0108. The molecule has 132 valence electrons. The van der Waals surface area contributed by atoms with Crippen molar-refractivity contribution in [3.05, 3.63) is 36.1 Å². The highest BCUT2D eigenvalue weighted by Crippen LogP contribution is 2.39. The quantitative estimate of drug-likeness (QED) is 0.664. The Hall–Kier alpha value is -3.09. The predicted octanol–water partition coefficient (Wildman–Crippen LogP) is 3.77. The first-order valence-corrected chi connectivity index (χ1v) is 8.75. The zero-order valence-electron chi connectivity index (χ0n) is 14.6. The molecule has 5 rings (SSSR count). The SMILES string of the molecule is CC1(C)C(=O)Nc2cc(Nc3nc(NC4CC4)c4occc4n3)ccc21. The number of furan rings is 1. The van der Waals surface area contributed by atoms with Crippen molar-refractivity contribution >= 4 is 40.1 Å². The van der Waals surface area contributed by atoms with Crippen molar-refractivity contribution in [2.45, 2.75) is 38.1 Å². The number of carbonyl (C=O) groups is 1. The molecule has 3 heterocycles. The third kappa shape index (κ3) is 2.39. The van der Waals surface area contributed by atoms with E-state index in [2.05, 4.69) is 25.9 Å². The lowest BCUT2D eigenvalue weighted by molar-refractivity contribution is -0.119. The summed E-state index contributed by atoms with van der Waals surface area (Å²) >= 11 is 0. The molecule has 2 aliphatic rings. The maximum absolute atomic E-state index is 12.1. The van der Waals surface area contributed by atoms with Crippen LogP contribution in [0.1, 0.15) is 32.3 Å². The van der Waals surface area contributed by atoms with Gasteiger partial charge >= 0.3 is 0 Å². The van der Waals surface area contributed by atoms with E-state index in [1.807, 2.05) is 38.1 Å². The summed E-state index contributed by atoms with van der Waals surface area (Å²) in [5.74, 6) is 1.21. The number of hydrogen-bond donors (Lipinski definition) is 3. The fraction of sp³-hybridized carbons (Fsp3) is 0.316. The molecular formula is C19H19N5O2. The van der Waals surface area contributed by atoms with Crippen LogP contribution in [0, 0.1) is 0 Å². The Balaban J connectivity index is 1.48. The van der Waals surface area contributed by atoms with E-state index in [-0.39, 0.29) is 5.91 Å². The third-order valence-corrected chi connectivity index (χ3v) is 4.99. The number of hydrogen-bond acceptors (Lipinski definition) is 6. The van der Waals surface area contributed by atoms with Crippen LogP contribution in [0.2, 0.25) is 0 Å². The highest BCUT2D eigenvalue weighted by Gasteiger charge is 2.38. The van der Waals surface area contributed by atoms with Crippen molar-refractivity contribution in [2.24, 2.45) is 0 Å². The zero-order valence-corrected chi connectivity index (χ0v) is 14.6. The summed E-state index contributed by atoms with van der Waals surface area (Å²) in [6, 6.07) is 8.11. The Morgan fingerprint density at radius 3 is 2.88 bits per heavy atom. The van der Waals surface area contributed by atoms with Crippen molar-refractivity contribution in [1.82, 2.24) is 9.97 Å². The van der Waals surface area contributed by atoms with Gasteiger partial charge in [-0.1, -0.05) is 6.07 Å². The number of rotatable bonds is 4. The van der Waals surface area contributed by atoms with Crippen molar-refractivity contribution < 1.29 is 9.21 Å². The Morgan fingerprint density at radius 2 is 2.08 bits per heavy atom. The number of amides is 1. The van der Waals surface area contributed by atoms with Crippen LogP contribution < -0.4 is 16.0 Å². The number of fused-ring (bicyclic) bond motifs is 2. The fourth-order valence-electron chi connectivity index (χ4n) is 3.24. The van der Waals surface area contributed by atoms with Crippen LogP contribution in [0.4, 0.5) is 23.1 Å². The first kappa shape index (κ1) is 15.2. The minimum Gasteiger partial charge on any atom is -0.459 e. The van der Waals surface area contributed by atoms with Gasteiger partial charge in [-0.2, -0.15) is 4.98 Å². The van der Waals surface area contributed by atoms with E-state index in [0.29, 0.717) is 23.4 Å². The van der Waals surface area contributed by atoms with E-state index in [9.17, 15) is 4.79 Å². The lowest BCUT2D eigenvalue weighted by atomic mass is 9.86. The Morgan fingerprint density at radius 1 is 1.23 bits per heavy atom. The smallest absolute Gasteiger partial charge is 0.234 e.